The molecule has 0 fully saturated rings. The van der Waals surface area contributed by atoms with Gasteiger partial charge in [0.2, 0.25) is 0 Å². The van der Waals surface area contributed by atoms with Crippen molar-refractivity contribution in [3.05, 3.63) is 235 Å². The van der Waals surface area contributed by atoms with Crippen molar-refractivity contribution in [3.8, 4) is 61.6 Å². The monoisotopic (exact) mass is 787 g/mol. The Morgan fingerprint density at radius 1 is 0.371 bits per heavy atom. The van der Waals surface area contributed by atoms with Crippen LogP contribution >= 0.6 is 0 Å². The van der Waals surface area contributed by atoms with Crippen molar-refractivity contribution < 1.29 is 0 Å². The Morgan fingerprint density at radius 3 is 1.60 bits per heavy atom. The minimum Gasteiger partial charge on any atom is -0.292 e. The molecular weight excluding hydrogens is 751 g/mol. The molecule has 62 heavy (non-hydrogen) atoms. The molecule has 1 atom stereocenters. The first-order valence-electron chi connectivity index (χ1n) is 21.4. The highest BCUT2D eigenvalue weighted by molar-refractivity contribution is 6.22. The SMILES string of the molecule is c1ccc(-n2c(-c3ccc(-c4c5ccccc5c(-c5ccc(-c6ccc7c(c6)C6C(=Nc8ccccc86)c6ccccc6-7)cc5)c5ccccc45)cc3)nc3ccccc32)cc1. The second-order valence-corrected chi connectivity index (χ2v) is 16.4. The van der Waals surface area contributed by atoms with E-state index in [0.29, 0.717) is 0 Å². The number of benzene rings is 10. The van der Waals surface area contributed by atoms with Gasteiger partial charge in [0.05, 0.1) is 28.4 Å². The summed E-state index contributed by atoms with van der Waals surface area (Å²) in [4.78, 5) is 10.3. The zero-order valence-electron chi connectivity index (χ0n) is 33.7. The zero-order chi connectivity index (χ0) is 40.7. The van der Waals surface area contributed by atoms with E-state index in [4.69, 9.17) is 9.98 Å². The van der Waals surface area contributed by atoms with Crippen molar-refractivity contribution in [2.24, 2.45) is 4.99 Å². The van der Waals surface area contributed by atoms with E-state index in [9.17, 15) is 0 Å². The standard InChI is InChI=1S/C59H37N3/c1-2-14-42(15-3-1)62-54-25-13-12-24-53(54)61-59(62)40-32-30-39(31-33-40)56-47-19-7-5-17-45(47)55(46-18-6-8-20-48(46)56)38-28-26-37(27-29-38)41-34-35-44-43-16-4-9-21-49(43)58-57(51(44)36-41)50-22-10-11-23-52(50)60-58/h1-36,57H. The van der Waals surface area contributed by atoms with Crippen molar-refractivity contribution in [1.29, 1.82) is 0 Å². The van der Waals surface area contributed by atoms with Gasteiger partial charge in [-0.3, -0.25) is 9.56 Å². The molecule has 288 valence electrons. The Kier molecular flexibility index (Phi) is 7.67. The summed E-state index contributed by atoms with van der Waals surface area (Å²) < 4.78 is 2.26. The maximum Gasteiger partial charge on any atom is 0.145 e. The minimum atomic E-state index is 0.125. The third-order valence-corrected chi connectivity index (χ3v) is 13.1. The fraction of sp³-hybridized carbons (Fsp3) is 0.0169. The Balaban J connectivity index is 0.906. The molecule has 2 heterocycles. The van der Waals surface area contributed by atoms with Gasteiger partial charge in [-0.15, -0.1) is 0 Å². The molecule has 0 N–H and O–H groups in total. The number of imidazole rings is 1. The Morgan fingerprint density at radius 2 is 0.903 bits per heavy atom. The summed E-state index contributed by atoms with van der Waals surface area (Å²) in [7, 11) is 0. The highest BCUT2D eigenvalue weighted by atomic mass is 15.1. The number of para-hydroxylation sites is 4. The number of rotatable bonds is 5. The highest BCUT2D eigenvalue weighted by Crippen LogP contribution is 2.51. The molecule has 11 aromatic rings. The summed E-state index contributed by atoms with van der Waals surface area (Å²) in [5, 5.41) is 4.95. The fourth-order valence-electron chi connectivity index (χ4n) is 10.3. The average Bonchev–Trinajstić information content (AvgIpc) is 3.94. The van der Waals surface area contributed by atoms with Gasteiger partial charge in [0.25, 0.3) is 0 Å². The topological polar surface area (TPSA) is 30.2 Å². The predicted molar refractivity (Wildman–Crippen MR) is 258 cm³/mol. The quantitative estimate of drug-likeness (QED) is 0.160. The molecule has 0 amide bonds. The number of aliphatic imine (C=N–C) groups is 1. The van der Waals surface area contributed by atoms with E-state index in [0.717, 1.165) is 39.5 Å². The van der Waals surface area contributed by atoms with Crippen LogP contribution in [0.4, 0.5) is 5.69 Å². The van der Waals surface area contributed by atoms with E-state index in [1.165, 1.54) is 82.7 Å². The summed E-state index contributed by atoms with van der Waals surface area (Å²) in [6.07, 6.45) is 0. The molecule has 0 saturated carbocycles. The maximum atomic E-state index is 5.19. The second kappa shape index (κ2) is 13.7. The van der Waals surface area contributed by atoms with Gasteiger partial charge in [-0.05, 0) is 114 Å². The largest absolute Gasteiger partial charge is 0.292 e. The van der Waals surface area contributed by atoms with Crippen LogP contribution < -0.4 is 0 Å². The van der Waals surface area contributed by atoms with Crippen LogP contribution in [0.5, 0.6) is 0 Å². The van der Waals surface area contributed by atoms with E-state index in [1.807, 2.05) is 0 Å². The Bertz CT molecular complexity index is 3560. The molecule has 1 aliphatic carbocycles. The van der Waals surface area contributed by atoms with Gasteiger partial charge in [-0.25, -0.2) is 4.98 Å². The summed E-state index contributed by atoms with van der Waals surface area (Å²) in [6.45, 7) is 0. The summed E-state index contributed by atoms with van der Waals surface area (Å²) in [5.74, 6) is 1.06. The van der Waals surface area contributed by atoms with E-state index in [-0.39, 0.29) is 5.92 Å². The number of hydrogen-bond donors (Lipinski definition) is 0. The third-order valence-electron chi connectivity index (χ3n) is 13.1. The molecule has 3 nitrogen and oxygen atoms in total. The molecule has 3 heteroatoms. The van der Waals surface area contributed by atoms with Crippen LogP contribution in [0.1, 0.15) is 22.6 Å². The van der Waals surface area contributed by atoms with Crippen LogP contribution in [-0.2, 0) is 0 Å². The molecule has 0 radical (unpaired) electrons. The van der Waals surface area contributed by atoms with E-state index < -0.39 is 0 Å². The van der Waals surface area contributed by atoms with E-state index in [1.54, 1.807) is 0 Å². The van der Waals surface area contributed by atoms with Gasteiger partial charge in [0.1, 0.15) is 5.82 Å². The lowest BCUT2D eigenvalue weighted by Crippen LogP contribution is -2.18. The lowest BCUT2D eigenvalue weighted by atomic mass is 9.74. The molecule has 2 aliphatic rings. The van der Waals surface area contributed by atoms with Gasteiger partial charge >= 0.3 is 0 Å². The number of hydrogen-bond acceptors (Lipinski definition) is 2. The first kappa shape index (κ1) is 34.7. The second-order valence-electron chi connectivity index (χ2n) is 16.4. The van der Waals surface area contributed by atoms with Gasteiger partial charge < -0.3 is 0 Å². The van der Waals surface area contributed by atoms with Crippen molar-refractivity contribution in [1.82, 2.24) is 9.55 Å². The molecule has 13 rings (SSSR count). The normalized spacial score (nSPS) is 13.7. The number of nitrogens with zero attached hydrogens (tertiary/aromatic N) is 3. The van der Waals surface area contributed by atoms with Gasteiger partial charge in [0, 0.05) is 16.8 Å². The van der Waals surface area contributed by atoms with Crippen molar-refractivity contribution in [3.63, 3.8) is 0 Å². The summed E-state index contributed by atoms with van der Waals surface area (Å²) in [6, 6.07) is 79.2. The van der Waals surface area contributed by atoms with Crippen LogP contribution in [0.3, 0.4) is 0 Å². The first-order chi connectivity index (χ1) is 30.8. The molecule has 10 aromatic carbocycles. The molecule has 0 bridgehead atoms. The average molecular weight is 788 g/mol. The number of aromatic nitrogens is 2. The van der Waals surface area contributed by atoms with Crippen molar-refractivity contribution >= 4 is 44.0 Å². The summed E-state index contributed by atoms with van der Waals surface area (Å²) >= 11 is 0. The number of fused-ring (bicyclic) bond motifs is 11. The van der Waals surface area contributed by atoms with Gasteiger partial charge in [-0.2, -0.15) is 0 Å². The van der Waals surface area contributed by atoms with Crippen LogP contribution in [0, 0.1) is 0 Å². The highest BCUT2D eigenvalue weighted by Gasteiger charge is 2.36. The molecule has 0 saturated heterocycles. The lowest BCUT2D eigenvalue weighted by Gasteiger charge is -2.27. The molecular formula is C59H37N3. The third kappa shape index (κ3) is 5.25. The van der Waals surface area contributed by atoms with Crippen LogP contribution in [0.25, 0.3) is 94.2 Å². The molecule has 0 spiro atoms. The van der Waals surface area contributed by atoms with Gasteiger partial charge in [0.15, 0.2) is 0 Å². The van der Waals surface area contributed by atoms with E-state index >= 15 is 0 Å². The predicted octanol–water partition coefficient (Wildman–Crippen LogP) is 15.2. The summed E-state index contributed by atoms with van der Waals surface area (Å²) in [5.41, 5.74) is 20.2. The van der Waals surface area contributed by atoms with Crippen LogP contribution in [0.2, 0.25) is 0 Å². The maximum absolute atomic E-state index is 5.19. The minimum absolute atomic E-state index is 0.125. The van der Waals surface area contributed by atoms with Crippen molar-refractivity contribution in [2.45, 2.75) is 5.92 Å². The van der Waals surface area contributed by atoms with E-state index in [2.05, 4.69) is 223 Å². The zero-order valence-corrected chi connectivity index (χ0v) is 33.7. The Labute approximate surface area is 359 Å². The Hall–Kier alpha value is -8.14. The van der Waals surface area contributed by atoms with Crippen molar-refractivity contribution in [2.75, 3.05) is 0 Å². The molecule has 1 unspecified atom stereocenters. The molecule has 1 aromatic heterocycles. The van der Waals surface area contributed by atoms with Crippen LogP contribution in [0.15, 0.2) is 223 Å². The van der Waals surface area contributed by atoms with Crippen LogP contribution in [-0.4, -0.2) is 15.3 Å². The van der Waals surface area contributed by atoms with Gasteiger partial charge in [-0.1, -0.05) is 182 Å². The fourth-order valence-corrected chi connectivity index (χ4v) is 10.3. The smallest absolute Gasteiger partial charge is 0.145 e. The first-order valence-corrected chi connectivity index (χ1v) is 21.4. The molecule has 1 aliphatic heterocycles. The lowest BCUT2D eigenvalue weighted by molar-refractivity contribution is 1.10.